The largest absolute Gasteiger partial charge is 0.309 e. The summed E-state index contributed by atoms with van der Waals surface area (Å²) in [5.74, 6) is 1.12. The van der Waals surface area contributed by atoms with Crippen LogP contribution >= 0.6 is 0 Å². The molecule has 0 unspecified atom stereocenters. The van der Waals surface area contributed by atoms with Gasteiger partial charge in [0.1, 0.15) is 5.82 Å². The maximum atomic E-state index is 4.67. The highest BCUT2D eigenvalue weighted by Gasteiger charge is 2.45. The number of rotatable bonds is 4. The lowest BCUT2D eigenvalue weighted by Crippen LogP contribution is -2.52. The lowest BCUT2D eigenvalue weighted by atomic mass is 10.1. The summed E-state index contributed by atoms with van der Waals surface area (Å²) >= 11 is 0. The zero-order valence-electron chi connectivity index (χ0n) is 12.1. The summed E-state index contributed by atoms with van der Waals surface area (Å²) in [6.45, 7) is 12.6. The highest BCUT2D eigenvalue weighted by Crippen LogP contribution is 2.37. The molecule has 1 saturated carbocycles. The molecule has 1 N–H and O–H groups in total. The van der Waals surface area contributed by atoms with E-state index in [9.17, 15) is 0 Å². The highest BCUT2D eigenvalue weighted by atomic mass is 15.3. The van der Waals surface area contributed by atoms with Crippen molar-refractivity contribution in [2.75, 3.05) is 19.6 Å². The maximum absolute atomic E-state index is 4.67. The number of piperazine rings is 1. The molecule has 1 aliphatic carbocycles. The van der Waals surface area contributed by atoms with Gasteiger partial charge < -0.3 is 9.88 Å². The van der Waals surface area contributed by atoms with Gasteiger partial charge in [0.15, 0.2) is 0 Å². The molecule has 0 amide bonds. The molecule has 2 heterocycles. The minimum atomic E-state index is 0.443. The van der Waals surface area contributed by atoms with Crippen LogP contribution in [0.15, 0.2) is 6.58 Å². The van der Waals surface area contributed by atoms with Crippen LogP contribution in [0.1, 0.15) is 37.0 Å². The Labute approximate surface area is 115 Å². The van der Waals surface area contributed by atoms with Gasteiger partial charge in [-0.2, -0.15) is 0 Å². The molecular formula is C15H24N4. The first-order chi connectivity index (χ1) is 9.17. The first kappa shape index (κ1) is 12.9. The summed E-state index contributed by atoms with van der Waals surface area (Å²) in [6.07, 6.45) is 5.54. The van der Waals surface area contributed by atoms with Crippen LogP contribution in [0.3, 0.4) is 0 Å². The number of imidazole rings is 1. The van der Waals surface area contributed by atoms with E-state index < -0.39 is 0 Å². The second kappa shape index (κ2) is 4.76. The van der Waals surface area contributed by atoms with E-state index >= 15 is 0 Å². The zero-order valence-corrected chi connectivity index (χ0v) is 12.1. The fourth-order valence-electron chi connectivity index (χ4n) is 3.17. The molecule has 2 fully saturated rings. The monoisotopic (exact) mass is 260 g/mol. The predicted molar refractivity (Wildman–Crippen MR) is 78.0 cm³/mol. The molecule has 0 bridgehead atoms. The molecule has 0 atom stereocenters. The third-order valence-corrected chi connectivity index (χ3v) is 4.46. The molecule has 1 aromatic rings. The summed E-state index contributed by atoms with van der Waals surface area (Å²) in [4.78, 5) is 7.23. The van der Waals surface area contributed by atoms with Crippen LogP contribution in [0.5, 0.6) is 0 Å². The van der Waals surface area contributed by atoms with E-state index in [4.69, 9.17) is 0 Å². The molecular weight excluding hydrogens is 236 g/mol. The van der Waals surface area contributed by atoms with Gasteiger partial charge in [0.05, 0.1) is 11.4 Å². The molecule has 1 aliphatic heterocycles. The van der Waals surface area contributed by atoms with Gasteiger partial charge in [-0.15, -0.1) is 0 Å². The summed E-state index contributed by atoms with van der Waals surface area (Å²) in [6, 6.07) is 0. The smallest absolute Gasteiger partial charge is 0.113 e. The van der Waals surface area contributed by atoms with Gasteiger partial charge in [-0.1, -0.05) is 13.5 Å². The SMILES string of the molecule is C=Cn1c(CC)nc(C)c1CN1CCNC2(CC2)C1. The molecule has 3 rings (SSSR count). The molecule has 104 valence electrons. The first-order valence-corrected chi connectivity index (χ1v) is 7.34. The van der Waals surface area contributed by atoms with Crippen molar-refractivity contribution >= 4 is 6.20 Å². The lowest BCUT2D eigenvalue weighted by Gasteiger charge is -2.34. The second-order valence-electron chi connectivity index (χ2n) is 5.88. The Balaban J connectivity index is 1.78. The third-order valence-electron chi connectivity index (χ3n) is 4.46. The highest BCUT2D eigenvalue weighted by molar-refractivity contribution is 5.30. The summed E-state index contributed by atoms with van der Waals surface area (Å²) < 4.78 is 2.18. The van der Waals surface area contributed by atoms with Gasteiger partial charge in [0, 0.05) is 44.3 Å². The van der Waals surface area contributed by atoms with Gasteiger partial charge in [-0.25, -0.2) is 4.98 Å². The Morgan fingerprint density at radius 1 is 1.47 bits per heavy atom. The van der Waals surface area contributed by atoms with E-state index in [2.05, 4.69) is 40.2 Å². The van der Waals surface area contributed by atoms with Crippen LogP contribution < -0.4 is 5.32 Å². The standard InChI is InChI=1S/C15H24N4/c1-4-14-17-12(3)13(19(14)5-2)10-18-9-8-16-15(11-18)6-7-15/h5,16H,2,4,6-11H2,1,3H3. The maximum Gasteiger partial charge on any atom is 0.113 e. The normalized spacial score (nSPS) is 21.8. The van der Waals surface area contributed by atoms with Crippen LogP contribution in [0.2, 0.25) is 0 Å². The Bertz CT molecular complexity index is 485. The Hall–Kier alpha value is -1.13. The van der Waals surface area contributed by atoms with Crippen molar-refractivity contribution in [3.05, 3.63) is 23.8 Å². The van der Waals surface area contributed by atoms with Crippen molar-refractivity contribution in [1.29, 1.82) is 0 Å². The van der Waals surface area contributed by atoms with Crippen LogP contribution in [-0.4, -0.2) is 39.6 Å². The van der Waals surface area contributed by atoms with Crippen LogP contribution in [0, 0.1) is 6.92 Å². The third kappa shape index (κ3) is 2.35. The van der Waals surface area contributed by atoms with Crippen LogP contribution in [0.25, 0.3) is 6.20 Å². The minimum absolute atomic E-state index is 0.443. The fourth-order valence-corrected chi connectivity index (χ4v) is 3.17. The van der Waals surface area contributed by atoms with E-state index in [1.165, 1.54) is 25.1 Å². The molecule has 1 spiro atoms. The van der Waals surface area contributed by atoms with Gasteiger partial charge >= 0.3 is 0 Å². The van der Waals surface area contributed by atoms with Crippen molar-refractivity contribution in [2.45, 2.75) is 45.2 Å². The van der Waals surface area contributed by atoms with E-state index in [-0.39, 0.29) is 0 Å². The predicted octanol–water partition coefficient (Wildman–Crippen LogP) is 1.79. The number of aryl methyl sites for hydroxylation is 2. The second-order valence-corrected chi connectivity index (χ2v) is 5.88. The minimum Gasteiger partial charge on any atom is -0.309 e. The van der Waals surface area contributed by atoms with Crippen LogP contribution in [0.4, 0.5) is 0 Å². The van der Waals surface area contributed by atoms with Gasteiger partial charge in [0.2, 0.25) is 0 Å². The molecule has 0 aromatic carbocycles. The zero-order chi connectivity index (χ0) is 13.5. The number of nitrogens with one attached hydrogen (secondary N) is 1. The quantitative estimate of drug-likeness (QED) is 0.896. The van der Waals surface area contributed by atoms with Crippen LogP contribution in [-0.2, 0) is 13.0 Å². The van der Waals surface area contributed by atoms with Gasteiger partial charge in [-0.05, 0) is 19.8 Å². The fraction of sp³-hybridized carbons (Fsp3) is 0.667. The van der Waals surface area contributed by atoms with Gasteiger partial charge in [0.25, 0.3) is 0 Å². The number of hydrogen-bond donors (Lipinski definition) is 1. The first-order valence-electron chi connectivity index (χ1n) is 7.34. The van der Waals surface area contributed by atoms with Gasteiger partial charge in [-0.3, -0.25) is 4.90 Å². The number of hydrogen-bond acceptors (Lipinski definition) is 3. The van der Waals surface area contributed by atoms with Crippen molar-refractivity contribution in [1.82, 2.24) is 19.8 Å². The Morgan fingerprint density at radius 3 is 2.89 bits per heavy atom. The van der Waals surface area contributed by atoms with E-state index in [1.54, 1.807) is 0 Å². The Kier molecular flexibility index (Phi) is 3.23. The summed E-state index contributed by atoms with van der Waals surface area (Å²) in [5.41, 5.74) is 2.91. The average molecular weight is 260 g/mol. The summed E-state index contributed by atoms with van der Waals surface area (Å²) in [7, 11) is 0. The van der Waals surface area contributed by atoms with E-state index in [0.29, 0.717) is 5.54 Å². The molecule has 1 aromatic heterocycles. The van der Waals surface area contributed by atoms with Crippen molar-refractivity contribution in [3.63, 3.8) is 0 Å². The van der Waals surface area contributed by atoms with Crippen molar-refractivity contribution in [2.24, 2.45) is 0 Å². The number of aromatic nitrogens is 2. The average Bonchev–Trinajstić information content (AvgIpc) is 3.07. The molecule has 4 nitrogen and oxygen atoms in total. The summed E-state index contributed by atoms with van der Waals surface area (Å²) in [5, 5.41) is 3.66. The number of nitrogens with zero attached hydrogens (tertiary/aromatic N) is 3. The molecule has 4 heteroatoms. The van der Waals surface area contributed by atoms with E-state index in [0.717, 1.165) is 37.6 Å². The molecule has 1 saturated heterocycles. The topological polar surface area (TPSA) is 33.1 Å². The van der Waals surface area contributed by atoms with Crippen molar-refractivity contribution < 1.29 is 0 Å². The lowest BCUT2D eigenvalue weighted by molar-refractivity contribution is 0.179. The molecule has 0 radical (unpaired) electrons. The van der Waals surface area contributed by atoms with Crippen molar-refractivity contribution in [3.8, 4) is 0 Å². The Morgan fingerprint density at radius 2 is 2.26 bits per heavy atom. The van der Waals surface area contributed by atoms with E-state index in [1.807, 2.05) is 6.20 Å². The molecule has 19 heavy (non-hydrogen) atoms. The molecule has 2 aliphatic rings.